The number of hydrogen-bond acceptors (Lipinski definition) is 4. The predicted octanol–water partition coefficient (Wildman–Crippen LogP) is 0.833. The number of aliphatic imine (C=N–C) groups is 1. The van der Waals surface area contributed by atoms with E-state index in [1.165, 1.54) is 32.1 Å². The largest absolute Gasteiger partial charge is 0.379 e. The Balaban J connectivity index is 1.32. The van der Waals surface area contributed by atoms with Gasteiger partial charge >= 0.3 is 0 Å². The Bertz CT molecular complexity index is 392. The van der Waals surface area contributed by atoms with Crippen LogP contribution in [0.15, 0.2) is 4.99 Å². The van der Waals surface area contributed by atoms with Crippen LogP contribution >= 0.6 is 0 Å². The van der Waals surface area contributed by atoms with Crippen molar-refractivity contribution in [1.29, 1.82) is 0 Å². The molecular formula is C17H32N4O2. The summed E-state index contributed by atoms with van der Waals surface area (Å²) in [7, 11) is 1.85. The fraction of sp³-hybridized carbons (Fsp3) is 0.941. The number of guanidine groups is 1. The molecular weight excluding hydrogens is 292 g/mol. The van der Waals surface area contributed by atoms with Gasteiger partial charge in [0, 0.05) is 46.4 Å². The summed E-state index contributed by atoms with van der Waals surface area (Å²) in [6.07, 6.45) is 6.24. The van der Waals surface area contributed by atoms with E-state index < -0.39 is 0 Å². The standard InChI is InChI=1S/C17H32N4O2/c1-18-16(19-6-7-21-8-11-22-12-9-21)20-14-15-3-10-23-17(13-15)4-2-5-17/h15H,2-14H2,1H3,(H2,18,19,20). The molecule has 0 radical (unpaired) electrons. The molecule has 1 aliphatic carbocycles. The SMILES string of the molecule is CN=C(NCCN1CCOCC1)NCC1CCOC2(CCC2)C1. The normalized spacial score (nSPS) is 28.4. The number of hydrogen-bond donors (Lipinski definition) is 2. The van der Waals surface area contributed by atoms with Crippen molar-refractivity contribution in [3.63, 3.8) is 0 Å². The van der Waals surface area contributed by atoms with E-state index in [1.807, 2.05) is 7.05 Å². The molecule has 0 bridgehead atoms. The fourth-order valence-electron chi connectivity index (χ4n) is 3.84. The second-order valence-corrected chi connectivity index (χ2v) is 7.08. The summed E-state index contributed by atoms with van der Waals surface area (Å²) >= 11 is 0. The van der Waals surface area contributed by atoms with Crippen LogP contribution in [-0.2, 0) is 9.47 Å². The minimum atomic E-state index is 0.234. The Labute approximate surface area is 140 Å². The first-order valence-electron chi connectivity index (χ1n) is 9.18. The maximum atomic E-state index is 6.01. The highest BCUT2D eigenvalue weighted by Gasteiger charge is 2.42. The van der Waals surface area contributed by atoms with E-state index >= 15 is 0 Å². The molecule has 6 nitrogen and oxygen atoms in total. The van der Waals surface area contributed by atoms with Crippen LogP contribution in [0.4, 0.5) is 0 Å². The molecule has 132 valence electrons. The summed E-state index contributed by atoms with van der Waals surface area (Å²) < 4.78 is 11.4. The third kappa shape index (κ3) is 4.81. The van der Waals surface area contributed by atoms with Crippen LogP contribution in [0.5, 0.6) is 0 Å². The van der Waals surface area contributed by atoms with E-state index in [0.29, 0.717) is 5.92 Å². The molecule has 3 rings (SSSR count). The van der Waals surface area contributed by atoms with Crippen molar-refractivity contribution in [2.45, 2.75) is 37.7 Å². The van der Waals surface area contributed by atoms with Gasteiger partial charge in [0.05, 0.1) is 18.8 Å². The van der Waals surface area contributed by atoms with Crippen molar-refractivity contribution in [2.24, 2.45) is 10.9 Å². The van der Waals surface area contributed by atoms with Crippen LogP contribution in [0.3, 0.4) is 0 Å². The highest BCUT2D eigenvalue weighted by Crippen LogP contribution is 2.43. The highest BCUT2D eigenvalue weighted by atomic mass is 16.5. The summed E-state index contributed by atoms with van der Waals surface area (Å²) in [5.41, 5.74) is 0.234. The topological polar surface area (TPSA) is 58.1 Å². The third-order valence-corrected chi connectivity index (χ3v) is 5.47. The van der Waals surface area contributed by atoms with E-state index in [9.17, 15) is 0 Å². The Morgan fingerprint density at radius 1 is 1.22 bits per heavy atom. The zero-order valence-corrected chi connectivity index (χ0v) is 14.5. The molecule has 0 aromatic carbocycles. The number of morpholine rings is 1. The molecule has 2 N–H and O–H groups in total. The van der Waals surface area contributed by atoms with Gasteiger partial charge in [-0.2, -0.15) is 0 Å². The molecule has 2 saturated heterocycles. The van der Waals surface area contributed by atoms with Gasteiger partial charge in [-0.05, 0) is 38.0 Å². The van der Waals surface area contributed by atoms with E-state index in [-0.39, 0.29) is 5.60 Å². The second kappa shape index (κ2) is 8.31. The van der Waals surface area contributed by atoms with Gasteiger partial charge in [0.15, 0.2) is 5.96 Å². The molecule has 1 spiro atoms. The molecule has 0 amide bonds. The average molecular weight is 324 g/mol. The summed E-state index contributed by atoms with van der Waals surface area (Å²) in [5.74, 6) is 1.63. The van der Waals surface area contributed by atoms with Gasteiger partial charge in [0.2, 0.25) is 0 Å². The molecule has 1 saturated carbocycles. The maximum absolute atomic E-state index is 6.01. The predicted molar refractivity (Wildman–Crippen MR) is 91.9 cm³/mol. The third-order valence-electron chi connectivity index (χ3n) is 5.47. The zero-order valence-electron chi connectivity index (χ0n) is 14.5. The molecule has 23 heavy (non-hydrogen) atoms. The van der Waals surface area contributed by atoms with Gasteiger partial charge in [-0.25, -0.2) is 0 Å². The van der Waals surface area contributed by atoms with Crippen LogP contribution in [0.2, 0.25) is 0 Å². The van der Waals surface area contributed by atoms with Crippen LogP contribution in [-0.4, -0.2) is 76.1 Å². The summed E-state index contributed by atoms with van der Waals surface area (Å²) in [4.78, 5) is 6.78. The number of ether oxygens (including phenoxy) is 2. The lowest BCUT2D eigenvalue weighted by Crippen LogP contribution is -2.49. The highest BCUT2D eigenvalue weighted by molar-refractivity contribution is 5.79. The first-order valence-corrected chi connectivity index (χ1v) is 9.18. The molecule has 3 aliphatic rings. The Morgan fingerprint density at radius 3 is 2.74 bits per heavy atom. The van der Waals surface area contributed by atoms with Gasteiger partial charge in [-0.1, -0.05) is 0 Å². The van der Waals surface area contributed by atoms with Crippen molar-refractivity contribution < 1.29 is 9.47 Å². The Hall–Kier alpha value is -0.850. The minimum Gasteiger partial charge on any atom is -0.379 e. The van der Waals surface area contributed by atoms with E-state index in [4.69, 9.17) is 9.47 Å². The van der Waals surface area contributed by atoms with E-state index in [1.54, 1.807) is 0 Å². The smallest absolute Gasteiger partial charge is 0.191 e. The van der Waals surface area contributed by atoms with Crippen LogP contribution in [0.1, 0.15) is 32.1 Å². The zero-order chi connectivity index (χ0) is 16.0. The lowest BCUT2D eigenvalue weighted by molar-refractivity contribution is -0.142. The Morgan fingerprint density at radius 2 is 2.04 bits per heavy atom. The Kier molecular flexibility index (Phi) is 6.14. The minimum absolute atomic E-state index is 0.234. The molecule has 1 atom stereocenters. The molecule has 1 unspecified atom stereocenters. The van der Waals surface area contributed by atoms with Gasteiger partial charge in [-0.3, -0.25) is 9.89 Å². The van der Waals surface area contributed by atoms with Gasteiger partial charge in [0.25, 0.3) is 0 Å². The van der Waals surface area contributed by atoms with Crippen molar-refractivity contribution in [3.05, 3.63) is 0 Å². The molecule has 0 aromatic heterocycles. The van der Waals surface area contributed by atoms with Crippen molar-refractivity contribution in [2.75, 3.05) is 59.6 Å². The number of rotatable bonds is 5. The first kappa shape index (κ1) is 17.0. The van der Waals surface area contributed by atoms with Crippen molar-refractivity contribution >= 4 is 5.96 Å². The van der Waals surface area contributed by atoms with Gasteiger partial charge < -0.3 is 20.1 Å². The summed E-state index contributed by atoms with van der Waals surface area (Å²) in [6.45, 7) is 7.70. The molecule has 2 heterocycles. The quantitative estimate of drug-likeness (QED) is 0.580. The van der Waals surface area contributed by atoms with Gasteiger partial charge in [-0.15, -0.1) is 0 Å². The van der Waals surface area contributed by atoms with Crippen LogP contribution < -0.4 is 10.6 Å². The van der Waals surface area contributed by atoms with Crippen LogP contribution in [0.25, 0.3) is 0 Å². The van der Waals surface area contributed by atoms with E-state index in [2.05, 4.69) is 20.5 Å². The molecule has 2 aliphatic heterocycles. The molecule has 6 heteroatoms. The van der Waals surface area contributed by atoms with Gasteiger partial charge in [0.1, 0.15) is 0 Å². The number of nitrogens with zero attached hydrogens (tertiary/aromatic N) is 2. The lowest BCUT2D eigenvalue weighted by Gasteiger charge is -2.47. The maximum Gasteiger partial charge on any atom is 0.191 e. The number of nitrogens with one attached hydrogen (secondary N) is 2. The summed E-state index contributed by atoms with van der Waals surface area (Å²) in [5, 5.41) is 6.93. The fourth-order valence-corrected chi connectivity index (χ4v) is 3.84. The van der Waals surface area contributed by atoms with Crippen LogP contribution in [0, 0.1) is 5.92 Å². The second-order valence-electron chi connectivity index (χ2n) is 7.08. The first-order chi connectivity index (χ1) is 11.3. The van der Waals surface area contributed by atoms with Crippen molar-refractivity contribution in [1.82, 2.24) is 15.5 Å². The monoisotopic (exact) mass is 324 g/mol. The lowest BCUT2D eigenvalue weighted by atomic mass is 9.72. The molecule has 0 aromatic rings. The molecule has 3 fully saturated rings. The average Bonchev–Trinajstić information content (AvgIpc) is 2.58. The van der Waals surface area contributed by atoms with Crippen molar-refractivity contribution in [3.8, 4) is 0 Å². The summed E-state index contributed by atoms with van der Waals surface area (Å²) in [6, 6.07) is 0. The van der Waals surface area contributed by atoms with E-state index in [0.717, 1.165) is 58.5 Å².